The molecule has 0 amide bonds. The lowest BCUT2D eigenvalue weighted by Gasteiger charge is -2.28. The number of nitrogens with zero attached hydrogens (tertiary/aromatic N) is 1. The maximum Gasteiger partial charge on any atom is 0.0621 e. The lowest BCUT2D eigenvalue weighted by atomic mass is 10.0. The molecule has 0 aliphatic carbocycles. The number of ether oxygens (including phenoxy) is 1. The fourth-order valence-electron chi connectivity index (χ4n) is 1.99. The first kappa shape index (κ1) is 12.0. The molecule has 1 aliphatic heterocycles. The lowest BCUT2D eigenvalue weighted by Crippen LogP contribution is -2.40. The van der Waals surface area contributed by atoms with Crippen LogP contribution in [0.5, 0.6) is 0 Å². The number of hydrogen-bond acceptors (Lipinski definition) is 3. The van der Waals surface area contributed by atoms with E-state index in [1.807, 2.05) is 0 Å². The summed E-state index contributed by atoms with van der Waals surface area (Å²) in [5.41, 5.74) is 5.95. The predicted molar refractivity (Wildman–Crippen MR) is 59.3 cm³/mol. The highest BCUT2D eigenvalue weighted by molar-refractivity contribution is 4.81. The summed E-state index contributed by atoms with van der Waals surface area (Å²) in [4.78, 5) is 2.41. The van der Waals surface area contributed by atoms with Gasteiger partial charge in [0.1, 0.15) is 0 Å². The normalized spacial score (nSPS) is 29.8. The van der Waals surface area contributed by atoms with Crippen LogP contribution in [0.25, 0.3) is 0 Å². The van der Waals surface area contributed by atoms with E-state index in [1.54, 1.807) is 0 Å². The molecule has 0 aromatic heterocycles. The molecule has 3 unspecified atom stereocenters. The topological polar surface area (TPSA) is 38.5 Å². The summed E-state index contributed by atoms with van der Waals surface area (Å²) < 4.78 is 5.36. The zero-order chi connectivity index (χ0) is 10.6. The summed E-state index contributed by atoms with van der Waals surface area (Å²) in [7, 11) is 2.19. The Morgan fingerprint density at radius 3 is 2.71 bits per heavy atom. The van der Waals surface area contributed by atoms with Crippen molar-refractivity contribution in [1.29, 1.82) is 0 Å². The summed E-state index contributed by atoms with van der Waals surface area (Å²) >= 11 is 0. The summed E-state index contributed by atoms with van der Waals surface area (Å²) in [6.07, 6.45) is 2.51. The second-order valence-corrected chi connectivity index (χ2v) is 4.54. The number of nitrogens with two attached hydrogens (primary N) is 1. The molecule has 0 aromatic carbocycles. The molecule has 1 saturated heterocycles. The van der Waals surface area contributed by atoms with Crippen LogP contribution in [0, 0.1) is 5.92 Å². The third-order valence-electron chi connectivity index (χ3n) is 3.23. The number of hydrogen-bond donors (Lipinski definition) is 1. The molecule has 1 aliphatic rings. The van der Waals surface area contributed by atoms with Crippen LogP contribution in [0.3, 0.4) is 0 Å². The molecule has 1 fully saturated rings. The summed E-state index contributed by atoms with van der Waals surface area (Å²) in [5.74, 6) is 0.527. The Balaban J connectivity index is 2.28. The molecular weight excluding hydrogens is 176 g/mol. The minimum Gasteiger partial charge on any atom is -0.379 e. The van der Waals surface area contributed by atoms with Crippen LogP contribution in [0.15, 0.2) is 0 Å². The molecule has 3 heteroatoms. The third-order valence-corrected chi connectivity index (χ3v) is 3.23. The van der Waals surface area contributed by atoms with Gasteiger partial charge in [0.15, 0.2) is 0 Å². The molecule has 3 atom stereocenters. The maximum absolute atomic E-state index is 5.95. The average Bonchev–Trinajstić information content (AvgIpc) is 2.52. The van der Waals surface area contributed by atoms with Crippen LogP contribution in [-0.2, 0) is 4.74 Å². The van der Waals surface area contributed by atoms with Crippen molar-refractivity contribution in [2.45, 2.75) is 38.8 Å². The van der Waals surface area contributed by atoms with Crippen LogP contribution in [-0.4, -0.2) is 43.8 Å². The molecule has 1 heterocycles. The van der Waals surface area contributed by atoms with Crippen molar-refractivity contribution in [1.82, 2.24) is 4.90 Å². The standard InChI is InChI=1S/C11H24N2O/c1-4-5-9(2)13(3)6-10-7-14-8-11(10)12/h9-11H,4-8,12H2,1-3H3. The van der Waals surface area contributed by atoms with Gasteiger partial charge < -0.3 is 15.4 Å². The first-order chi connectivity index (χ1) is 6.65. The van der Waals surface area contributed by atoms with Gasteiger partial charge in [-0.05, 0) is 20.4 Å². The van der Waals surface area contributed by atoms with E-state index in [0.717, 1.165) is 19.8 Å². The molecular formula is C11H24N2O. The molecule has 3 nitrogen and oxygen atoms in total. The first-order valence-corrected chi connectivity index (χ1v) is 5.68. The van der Waals surface area contributed by atoms with Gasteiger partial charge in [-0.2, -0.15) is 0 Å². The van der Waals surface area contributed by atoms with E-state index >= 15 is 0 Å². The maximum atomic E-state index is 5.95. The van der Waals surface area contributed by atoms with Gasteiger partial charge in [-0.15, -0.1) is 0 Å². The van der Waals surface area contributed by atoms with Crippen molar-refractivity contribution in [2.24, 2.45) is 11.7 Å². The van der Waals surface area contributed by atoms with E-state index in [1.165, 1.54) is 12.8 Å². The molecule has 0 spiro atoms. The van der Waals surface area contributed by atoms with Gasteiger partial charge in [0.2, 0.25) is 0 Å². The summed E-state index contributed by atoms with van der Waals surface area (Å²) in [5, 5.41) is 0. The molecule has 0 saturated carbocycles. The Morgan fingerprint density at radius 2 is 2.21 bits per heavy atom. The monoisotopic (exact) mass is 200 g/mol. The van der Waals surface area contributed by atoms with Crippen molar-refractivity contribution >= 4 is 0 Å². The van der Waals surface area contributed by atoms with Gasteiger partial charge in [0.25, 0.3) is 0 Å². The summed E-state index contributed by atoms with van der Waals surface area (Å²) in [6, 6.07) is 0.902. The quantitative estimate of drug-likeness (QED) is 0.722. The SMILES string of the molecule is CCCC(C)N(C)CC1COCC1N. The second-order valence-electron chi connectivity index (χ2n) is 4.54. The van der Waals surface area contributed by atoms with Gasteiger partial charge in [0, 0.05) is 24.5 Å². The van der Waals surface area contributed by atoms with E-state index in [9.17, 15) is 0 Å². The highest BCUT2D eigenvalue weighted by Gasteiger charge is 2.26. The third kappa shape index (κ3) is 3.23. The van der Waals surface area contributed by atoms with Crippen LogP contribution in [0.2, 0.25) is 0 Å². The van der Waals surface area contributed by atoms with Crippen LogP contribution < -0.4 is 5.73 Å². The lowest BCUT2D eigenvalue weighted by molar-refractivity contribution is 0.161. The molecule has 0 radical (unpaired) electrons. The zero-order valence-corrected chi connectivity index (χ0v) is 9.70. The van der Waals surface area contributed by atoms with E-state index < -0.39 is 0 Å². The van der Waals surface area contributed by atoms with Gasteiger partial charge in [0.05, 0.1) is 13.2 Å². The van der Waals surface area contributed by atoms with Crippen molar-refractivity contribution in [3.8, 4) is 0 Å². The molecule has 14 heavy (non-hydrogen) atoms. The van der Waals surface area contributed by atoms with E-state index in [-0.39, 0.29) is 6.04 Å². The Kier molecular flexibility index (Phi) is 4.85. The van der Waals surface area contributed by atoms with Crippen LogP contribution >= 0.6 is 0 Å². The van der Waals surface area contributed by atoms with E-state index in [0.29, 0.717) is 12.0 Å². The van der Waals surface area contributed by atoms with Gasteiger partial charge in [-0.3, -0.25) is 0 Å². The van der Waals surface area contributed by atoms with Gasteiger partial charge in [-0.25, -0.2) is 0 Å². The Morgan fingerprint density at radius 1 is 1.50 bits per heavy atom. The van der Waals surface area contributed by atoms with Crippen LogP contribution in [0.1, 0.15) is 26.7 Å². The van der Waals surface area contributed by atoms with E-state index in [4.69, 9.17) is 10.5 Å². The number of rotatable bonds is 5. The fraction of sp³-hybridized carbons (Fsp3) is 1.00. The highest BCUT2D eigenvalue weighted by Crippen LogP contribution is 2.15. The summed E-state index contributed by atoms with van der Waals surface area (Å²) in [6.45, 7) is 7.16. The van der Waals surface area contributed by atoms with Crippen molar-refractivity contribution in [2.75, 3.05) is 26.8 Å². The smallest absolute Gasteiger partial charge is 0.0621 e. The molecule has 2 N–H and O–H groups in total. The second kappa shape index (κ2) is 5.69. The highest BCUT2D eigenvalue weighted by atomic mass is 16.5. The fourth-order valence-corrected chi connectivity index (χ4v) is 1.99. The van der Waals surface area contributed by atoms with Crippen molar-refractivity contribution in [3.05, 3.63) is 0 Å². The minimum absolute atomic E-state index is 0.242. The predicted octanol–water partition coefficient (Wildman–Crippen LogP) is 1.08. The van der Waals surface area contributed by atoms with Crippen molar-refractivity contribution < 1.29 is 4.74 Å². The molecule has 1 rings (SSSR count). The largest absolute Gasteiger partial charge is 0.379 e. The molecule has 0 aromatic rings. The molecule has 0 bridgehead atoms. The van der Waals surface area contributed by atoms with Crippen molar-refractivity contribution in [3.63, 3.8) is 0 Å². The first-order valence-electron chi connectivity index (χ1n) is 5.68. The Bertz CT molecular complexity index is 163. The van der Waals surface area contributed by atoms with E-state index in [2.05, 4.69) is 25.8 Å². The van der Waals surface area contributed by atoms with Gasteiger partial charge >= 0.3 is 0 Å². The average molecular weight is 200 g/mol. The van der Waals surface area contributed by atoms with Gasteiger partial charge in [-0.1, -0.05) is 13.3 Å². The minimum atomic E-state index is 0.242. The Hall–Kier alpha value is -0.120. The zero-order valence-electron chi connectivity index (χ0n) is 9.70. The van der Waals surface area contributed by atoms with Crippen LogP contribution in [0.4, 0.5) is 0 Å². The molecule has 84 valence electrons. The Labute approximate surface area is 87.6 Å².